The second-order valence-electron chi connectivity index (χ2n) is 7.20. The summed E-state index contributed by atoms with van der Waals surface area (Å²) in [6.45, 7) is -0.518. The van der Waals surface area contributed by atoms with Gasteiger partial charge in [0.1, 0.15) is 5.76 Å². The SMILES string of the molecule is O=C(COC(=O)c1ccc(-c2cccc(C(F)(F)F)c2)o1)Nc1ccc2c(c1)CCC2. The Morgan fingerprint density at radius 1 is 1.00 bits per heavy atom. The van der Waals surface area contributed by atoms with Crippen LogP contribution in [0.5, 0.6) is 0 Å². The van der Waals surface area contributed by atoms with E-state index in [9.17, 15) is 22.8 Å². The molecule has 5 nitrogen and oxygen atoms in total. The van der Waals surface area contributed by atoms with Crippen molar-refractivity contribution in [3.63, 3.8) is 0 Å². The third kappa shape index (κ3) is 4.79. The standard InChI is InChI=1S/C23H18F3NO4/c24-23(25,26)17-6-2-5-16(11-17)19-9-10-20(31-19)22(29)30-13-21(28)27-18-8-7-14-3-1-4-15(14)12-18/h2,5-12H,1,3-4,13H2,(H,27,28). The number of hydrogen-bond donors (Lipinski definition) is 1. The maximum Gasteiger partial charge on any atom is 0.416 e. The van der Waals surface area contributed by atoms with Gasteiger partial charge in [0.25, 0.3) is 5.91 Å². The number of aryl methyl sites for hydroxylation is 2. The Bertz CT molecular complexity index is 1130. The molecule has 0 fully saturated rings. The molecule has 1 aliphatic carbocycles. The summed E-state index contributed by atoms with van der Waals surface area (Å²) >= 11 is 0. The van der Waals surface area contributed by atoms with E-state index in [0.717, 1.165) is 31.4 Å². The number of furan rings is 1. The van der Waals surface area contributed by atoms with Gasteiger partial charge < -0.3 is 14.5 Å². The van der Waals surface area contributed by atoms with Crippen LogP contribution in [0.1, 0.15) is 33.7 Å². The molecule has 0 saturated heterocycles. The van der Waals surface area contributed by atoms with Crippen LogP contribution >= 0.6 is 0 Å². The molecule has 1 amide bonds. The minimum Gasteiger partial charge on any atom is -0.450 e. The van der Waals surface area contributed by atoms with E-state index in [0.29, 0.717) is 5.69 Å². The number of hydrogen-bond acceptors (Lipinski definition) is 4. The topological polar surface area (TPSA) is 68.5 Å². The summed E-state index contributed by atoms with van der Waals surface area (Å²) in [6, 6.07) is 12.9. The van der Waals surface area contributed by atoms with Gasteiger partial charge >= 0.3 is 12.1 Å². The number of esters is 1. The van der Waals surface area contributed by atoms with Crippen molar-refractivity contribution in [2.45, 2.75) is 25.4 Å². The summed E-state index contributed by atoms with van der Waals surface area (Å²) in [4.78, 5) is 24.2. The molecule has 160 valence electrons. The van der Waals surface area contributed by atoms with Gasteiger partial charge in [-0.15, -0.1) is 0 Å². The fraction of sp³-hybridized carbons (Fsp3) is 0.217. The zero-order valence-corrected chi connectivity index (χ0v) is 16.3. The minimum absolute atomic E-state index is 0.0839. The van der Waals surface area contributed by atoms with Gasteiger partial charge in [0.2, 0.25) is 5.76 Å². The Morgan fingerprint density at radius 2 is 1.81 bits per heavy atom. The highest BCUT2D eigenvalue weighted by molar-refractivity contribution is 5.94. The van der Waals surface area contributed by atoms with Crippen molar-refractivity contribution < 1.29 is 31.9 Å². The first kappa shape index (κ1) is 20.7. The normalized spacial score (nSPS) is 13.0. The molecule has 0 aliphatic heterocycles. The molecule has 2 aromatic carbocycles. The van der Waals surface area contributed by atoms with Crippen LogP contribution in [0.3, 0.4) is 0 Å². The summed E-state index contributed by atoms with van der Waals surface area (Å²) in [6.07, 6.45) is -1.39. The molecule has 0 unspecified atom stereocenters. The highest BCUT2D eigenvalue weighted by Crippen LogP contribution is 2.32. The molecular weight excluding hydrogens is 411 g/mol. The largest absolute Gasteiger partial charge is 0.450 e. The van der Waals surface area contributed by atoms with Gasteiger partial charge in [-0.05, 0) is 66.8 Å². The summed E-state index contributed by atoms with van der Waals surface area (Å²) in [5, 5.41) is 2.68. The second kappa shape index (κ2) is 8.29. The van der Waals surface area contributed by atoms with Crippen molar-refractivity contribution in [2.75, 3.05) is 11.9 Å². The van der Waals surface area contributed by atoms with E-state index in [2.05, 4.69) is 5.32 Å². The number of carbonyl (C=O) groups is 2. The third-order valence-electron chi connectivity index (χ3n) is 5.00. The van der Waals surface area contributed by atoms with E-state index in [4.69, 9.17) is 9.15 Å². The average molecular weight is 429 g/mol. The van der Waals surface area contributed by atoms with Crippen molar-refractivity contribution in [2.24, 2.45) is 0 Å². The number of amides is 1. The molecule has 0 saturated carbocycles. The first-order valence-corrected chi connectivity index (χ1v) is 9.66. The van der Waals surface area contributed by atoms with E-state index in [-0.39, 0.29) is 17.1 Å². The van der Waals surface area contributed by atoms with E-state index in [1.54, 1.807) is 6.07 Å². The molecule has 0 atom stereocenters. The zero-order chi connectivity index (χ0) is 22.0. The number of carbonyl (C=O) groups excluding carboxylic acids is 2. The Balaban J connectivity index is 1.35. The molecule has 1 heterocycles. The van der Waals surface area contributed by atoms with Crippen LogP contribution in [0.25, 0.3) is 11.3 Å². The number of anilines is 1. The van der Waals surface area contributed by atoms with Crippen LogP contribution in [0.15, 0.2) is 59.0 Å². The van der Waals surface area contributed by atoms with E-state index in [1.807, 2.05) is 12.1 Å². The monoisotopic (exact) mass is 429 g/mol. The Hall–Kier alpha value is -3.55. The van der Waals surface area contributed by atoms with Crippen LogP contribution in [-0.2, 0) is 28.5 Å². The lowest BCUT2D eigenvalue weighted by molar-refractivity contribution is -0.137. The molecule has 1 aliphatic rings. The van der Waals surface area contributed by atoms with E-state index >= 15 is 0 Å². The predicted molar refractivity (Wildman–Crippen MR) is 107 cm³/mol. The highest BCUT2D eigenvalue weighted by atomic mass is 19.4. The quantitative estimate of drug-likeness (QED) is 0.563. The maximum absolute atomic E-state index is 12.9. The van der Waals surface area contributed by atoms with Crippen LogP contribution in [0.4, 0.5) is 18.9 Å². The lowest BCUT2D eigenvalue weighted by Crippen LogP contribution is -2.20. The summed E-state index contributed by atoms with van der Waals surface area (Å²) < 4.78 is 48.9. The maximum atomic E-state index is 12.9. The molecule has 0 radical (unpaired) electrons. The summed E-state index contributed by atoms with van der Waals surface area (Å²) in [7, 11) is 0. The van der Waals surface area contributed by atoms with Gasteiger partial charge in [-0.2, -0.15) is 13.2 Å². The van der Waals surface area contributed by atoms with Crippen LogP contribution in [0.2, 0.25) is 0 Å². The summed E-state index contributed by atoms with van der Waals surface area (Å²) in [5.41, 5.74) is 2.45. The van der Waals surface area contributed by atoms with Gasteiger partial charge in [-0.25, -0.2) is 4.79 Å². The number of benzene rings is 2. The zero-order valence-electron chi connectivity index (χ0n) is 16.3. The van der Waals surface area contributed by atoms with Crippen LogP contribution in [-0.4, -0.2) is 18.5 Å². The Morgan fingerprint density at radius 3 is 2.61 bits per heavy atom. The predicted octanol–water partition coefficient (Wildman–Crippen LogP) is 5.25. The van der Waals surface area contributed by atoms with Crippen LogP contribution in [0, 0.1) is 0 Å². The van der Waals surface area contributed by atoms with E-state index < -0.39 is 30.2 Å². The number of rotatable bonds is 5. The molecule has 0 spiro atoms. The first-order chi connectivity index (χ1) is 14.8. The summed E-state index contributed by atoms with van der Waals surface area (Å²) in [5.74, 6) is -1.52. The smallest absolute Gasteiger partial charge is 0.416 e. The number of ether oxygens (including phenoxy) is 1. The van der Waals surface area contributed by atoms with Gasteiger partial charge in [-0.1, -0.05) is 18.2 Å². The Kier molecular flexibility index (Phi) is 5.54. The number of halogens is 3. The van der Waals surface area contributed by atoms with Crippen molar-refractivity contribution in [1.82, 2.24) is 0 Å². The van der Waals surface area contributed by atoms with Crippen molar-refractivity contribution in [1.29, 1.82) is 0 Å². The molecule has 1 aromatic heterocycles. The average Bonchev–Trinajstić information content (AvgIpc) is 3.41. The van der Waals surface area contributed by atoms with Gasteiger partial charge in [0, 0.05) is 11.3 Å². The van der Waals surface area contributed by atoms with Crippen molar-refractivity contribution >= 4 is 17.6 Å². The van der Waals surface area contributed by atoms with Gasteiger partial charge in [0.15, 0.2) is 6.61 Å². The molecule has 0 bridgehead atoms. The minimum atomic E-state index is -4.49. The Labute approximate surface area is 175 Å². The molecule has 1 N–H and O–H groups in total. The fourth-order valence-electron chi connectivity index (χ4n) is 3.50. The molecule has 3 aromatic rings. The molecule has 31 heavy (non-hydrogen) atoms. The molecule has 8 heteroatoms. The lowest BCUT2D eigenvalue weighted by atomic mass is 10.1. The first-order valence-electron chi connectivity index (χ1n) is 9.66. The number of alkyl halides is 3. The van der Waals surface area contributed by atoms with Crippen molar-refractivity contribution in [3.05, 3.63) is 77.0 Å². The number of nitrogens with one attached hydrogen (secondary N) is 1. The second-order valence-corrected chi connectivity index (χ2v) is 7.20. The molecule has 4 rings (SSSR count). The van der Waals surface area contributed by atoms with E-state index in [1.165, 1.54) is 35.4 Å². The van der Waals surface area contributed by atoms with Crippen LogP contribution < -0.4 is 5.32 Å². The fourth-order valence-corrected chi connectivity index (χ4v) is 3.50. The van der Waals surface area contributed by atoms with Gasteiger partial charge in [-0.3, -0.25) is 4.79 Å². The highest BCUT2D eigenvalue weighted by Gasteiger charge is 2.30. The lowest BCUT2D eigenvalue weighted by Gasteiger charge is -2.08. The third-order valence-corrected chi connectivity index (χ3v) is 5.00. The molecular formula is C23H18F3NO4. The number of fused-ring (bicyclic) bond motifs is 1. The van der Waals surface area contributed by atoms with Gasteiger partial charge in [0.05, 0.1) is 5.56 Å². The van der Waals surface area contributed by atoms with Crippen molar-refractivity contribution in [3.8, 4) is 11.3 Å².